The van der Waals surface area contributed by atoms with Crippen LogP contribution in [0.1, 0.15) is 43.6 Å². The second kappa shape index (κ2) is 10.0. The number of ether oxygens (including phenoxy) is 2. The highest BCUT2D eigenvalue weighted by Crippen LogP contribution is 2.34. The van der Waals surface area contributed by atoms with Gasteiger partial charge in [0.25, 0.3) is 0 Å². The second-order valence-corrected chi connectivity index (χ2v) is 8.37. The molecule has 8 heteroatoms. The van der Waals surface area contributed by atoms with Gasteiger partial charge < -0.3 is 24.2 Å². The van der Waals surface area contributed by atoms with Crippen LogP contribution in [0.4, 0.5) is 10.5 Å². The van der Waals surface area contributed by atoms with E-state index in [1.165, 1.54) is 12.8 Å². The molecule has 1 saturated heterocycles. The van der Waals surface area contributed by atoms with Gasteiger partial charge in [0, 0.05) is 50.5 Å². The van der Waals surface area contributed by atoms with Crippen LogP contribution < -0.4 is 14.8 Å². The smallest absolute Gasteiger partial charge is 0.321 e. The number of amides is 2. The first-order chi connectivity index (χ1) is 15.1. The maximum atomic E-state index is 12.9. The number of carbonyl (C=O) groups is 1. The van der Waals surface area contributed by atoms with Crippen LogP contribution in [0.2, 0.25) is 0 Å². The van der Waals surface area contributed by atoms with Crippen molar-refractivity contribution in [1.82, 2.24) is 15.0 Å². The molecule has 1 aromatic heterocycles. The molecule has 0 atom stereocenters. The van der Waals surface area contributed by atoms with Crippen LogP contribution in [-0.2, 0) is 6.54 Å². The van der Waals surface area contributed by atoms with Gasteiger partial charge in [0.05, 0.1) is 18.9 Å². The lowest BCUT2D eigenvalue weighted by Crippen LogP contribution is -2.38. The van der Waals surface area contributed by atoms with Crippen molar-refractivity contribution in [2.75, 3.05) is 38.6 Å². The third kappa shape index (κ3) is 5.70. The lowest BCUT2D eigenvalue weighted by Gasteiger charge is -2.22. The minimum absolute atomic E-state index is 0.0869. The number of nitrogens with zero attached hydrogens (tertiary/aromatic N) is 3. The molecule has 1 aliphatic carbocycles. The van der Waals surface area contributed by atoms with E-state index in [2.05, 4.69) is 15.4 Å². The number of nitrogens with one attached hydrogen (secondary N) is 1. The zero-order valence-corrected chi connectivity index (χ0v) is 18.4. The molecule has 0 spiro atoms. The van der Waals surface area contributed by atoms with Crippen molar-refractivity contribution >= 4 is 11.7 Å². The molecular formula is C23H32N4O4. The zero-order valence-electron chi connectivity index (χ0n) is 18.4. The number of anilines is 1. The van der Waals surface area contributed by atoms with Crippen molar-refractivity contribution in [2.24, 2.45) is 0 Å². The fourth-order valence-corrected chi connectivity index (χ4v) is 4.29. The van der Waals surface area contributed by atoms with Gasteiger partial charge >= 0.3 is 6.03 Å². The Balaban J connectivity index is 1.34. The second-order valence-electron chi connectivity index (χ2n) is 8.37. The molecule has 8 nitrogen and oxygen atoms in total. The topological polar surface area (TPSA) is 80.1 Å². The largest absolute Gasteiger partial charge is 0.493 e. The summed E-state index contributed by atoms with van der Waals surface area (Å²) in [6.45, 7) is 5.77. The Morgan fingerprint density at radius 3 is 2.71 bits per heavy atom. The minimum atomic E-state index is -0.0869. The molecule has 168 valence electrons. The first-order valence-electron chi connectivity index (χ1n) is 11.2. The van der Waals surface area contributed by atoms with E-state index in [0.29, 0.717) is 18.0 Å². The number of benzene rings is 1. The average Bonchev–Trinajstić information content (AvgIpc) is 3.35. The van der Waals surface area contributed by atoms with Crippen molar-refractivity contribution in [3.8, 4) is 11.5 Å². The number of aromatic nitrogens is 1. The lowest BCUT2D eigenvalue weighted by atomic mass is 10.2. The van der Waals surface area contributed by atoms with Crippen LogP contribution in [0.5, 0.6) is 11.5 Å². The maximum Gasteiger partial charge on any atom is 0.321 e. The summed E-state index contributed by atoms with van der Waals surface area (Å²) in [4.78, 5) is 17.1. The number of hydrogen-bond donors (Lipinski definition) is 1. The SMILES string of the molecule is COc1ccc(NC(=O)N2CCCN(Cc3cc(C)on3)CC2)cc1OC1CCCC1. The van der Waals surface area contributed by atoms with E-state index in [1.807, 2.05) is 36.1 Å². The summed E-state index contributed by atoms with van der Waals surface area (Å²) in [6, 6.07) is 7.45. The van der Waals surface area contributed by atoms with E-state index in [0.717, 1.165) is 62.6 Å². The summed E-state index contributed by atoms with van der Waals surface area (Å²) in [5.41, 5.74) is 1.65. The van der Waals surface area contributed by atoms with Gasteiger partial charge in [0.2, 0.25) is 0 Å². The number of carbonyl (C=O) groups excluding carboxylic acids is 1. The Morgan fingerprint density at radius 2 is 1.97 bits per heavy atom. The third-order valence-electron chi connectivity index (χ3n) is 5.95. The molecule has 2 fully saturated rings. The van der Waals surface area contributed by atoms with Crippen LogP contribution in [0, 0.1) is 6.92 Å². The third-order valence-corrected chi connectivity index (χ3v) is 5.95. The quantitative estimate of drug-likeness (QED) is 0.748. The summed E-state index contributed by atoms with van der Waals surface area (Å²) >= 11 is 0. The average molecular weight is 429 g/mol. The van der Waals surface area contributed by atoms with Gasteiger partial charge in [-0.05, 0) is 51.2 Å². The van der Waals surface area contributed by atoms with Gasteiger partial charge in [0.1, 0.15) is 5.76 Å². The van der Waals surface area contributed by atoms with Gasteiger partial charge in [-0.3, -0.25) is 4.90 Å². The Hall–Kier alpha value is -2.74. The molecule has 1 N–H and O–H groups in total. The van der Waals surface area contributed by atoms with E-state index >= 15 is 0 Å². The van der Waals surface area contributed by atoms with Crippen molar-refractivity contribution in [3.63, 3.8) is 0 Å². The fourth-order valence-electron chi connectivity index (χ4n) is 4.29. The summed E-state index contributed by atoms with van der Waals surface area (Å²) in [7, 11) is 1.64. The molecular weight excluding hydrogens is 396 g/mol. The van der Waals surface area contributed by atoms with Crippen molar-refractivity contribution in [1.29, 1.82) is 0 Å². The molecule has 1 aromatic carbocycles. The summed E-state index contributed by atoms with van der Waals surface area (Å²) in [6.07, 6.45) is 5.68. The van der Waals surface area contributed by atoms with E-state index in [1.54, 1.807) is 7.11 Å². The molecule has 2 aromatic rings. The van der Waals surface area contributed by atoms with Crippen LogP contribution in [0.3, 0.4) is 0 Å². The molecule has 4 rings (SSSR count). The van der Waals surface area contributed by atoms with Gasteiger partial charge in [-0.2, -0.15) is 0 Å². The molecule has 1 saturated carbocycles. The van der Waals surface area contributed by atoms with Crippen LogP contribution >= 0.6 is 0 Å². The Labute approximate surface area is 183 Å². The monoisotopic (exact) mass is 428 g/mol. The number of methoxy groups -OCH3 is 1. The van der Waals surface area contributed by atoms with E-state index in [-0.39, 0.29) is 12.1 Å². The molecule has 0 radical (unpaired) electrons. The van der Waals surface area contributed by atoms with Gasteiger partial charge in [-0.15, -0.1) is 0 Å². The number of aryl methyl sites for hydroxylation is 1. The van der Waals surface area contributed by atoms with Crippen molar-refractivity contribution in [3.05, 3.63) is 35.7 Å². The molecule has 2 heterocycles. The molecule has 0 unspecified atom stereocenters. The molecule has 2 aliphatic rings. The normalized spacial score (nSPS) is 18.1. The highest BCUT2D eigenvalue weighted by molar-refractivity contribution is 5.89. The standard InChI is InChI=1S/C23H32N4O4/c1-17-14-19(25-31-17)16-26-10-5-11-27(13-12-26)23(28)24-18-8-9-21(29-2)22(15-18)30-20-6-3-4-7-20/h8-9,14-15,20H,3-7,10-13,16H2,1-2H3,(H,24,28). The number of rotatable bonds is 6. The van der Waals surface area contributed by atoms with E-state index in [4.69, 9.17) is 14.0 Å². The highest BCUT2D eigenvalue weighted by Gasteiger charge is 2.22. The highest BCUT2D eigenvalue weighted by atomic mass is 16.5. The van der Waals surface area contributed by atoms with Crippen molar-refractivity contribution < 1.29 is 18.8 Å². The Bertz CT molecular complexity index is 878. The first kappa shape index (κ1) is 21.5. The fraction of sp³-hybridized carbons (Fsp3) is 0.565. The molecule has 2 amide bonds. The first-order valence-corrected chi connectivity index (χ1v) is 11.2. The zero-order chi connectivity index (χ0) is 21.6. The number of hydrogen-bond acceptors (Lipinski definition) is 6. The van der Waals surface area contributed by atoms with E-state index < -0.39 is 0 Å². The lowest BCUT2D eigenvalue weighted by molar-refractivity contribution is 0.201. The summed E-state index contributed by atoms with van der Waals surface area (Å²) in [5, 5.41) is 7.11. The Morgan fingerprint density at radius 1 is 1.13 bits per heavy atom. The van der Waals surface area contributed by atoms with Crippen molar-refractivity contribution in [2.45, 2.75) is 51.7 Å². The predicted molar refractivity (Wildman–Crippen MR) is 118 cm³/mol. The van der Waals surface area contributed by atoms with Crippen LogP contribution in [0.15, 0.2) is 28.8 Å². The summed E-state index contributed by atoms with van der Waals surface area (Å²) in [5.74, 6) is 2.21. The summed E-state index contributed by atoms with van der Waals surface area (Å²) < 4.78 is 16.8. The van der Waals surface area contributed by atoms with Crippen LogP contribution in [0.25, 0.3) is 0 Å². The van der Waals surface area contributed by atoms with Gasteiger partial charge in [-0.1, -0.05) is 5.16 Å². The molecule has 31 heavy (non-hydrogen) atoms. The molecule has 0 bridgehead atoms. The predicted octanol–water partition coefficient (Wildman–Crippen LogP) is 4.05. The number of urea groups is 1. The van der Waals surface area contributed by atoms with Gasteiger partial charge in [0.15, 0.2) is 11.5 Å². The maximum absolute atomic E-state index is 12.9. The van der Waals surface area contributed by atoms with Crippen LogP contribution in [-0.4, -0.2) is 60.4 Å². The Kier molecular flexibility index (Phi) is 6.96. The minimum Gasteiger partial charge on any atom is -0.493 e. The van der Waals surface area contributed by atoms with Gasteiger partial charge in [-0.25, -0.2) is 4.79 Å². The molecule has 1 aliphatic heterocycles. The van der Waals surface area contributed by atoms with E-state index in [9.17, 15) is 4.79 Å².